The number of anilines is 1. The summed E-state index contributed by atoms with van der Waals surface area (Å²) in [5, 5.41) is 0.644. The summed E-state index contributed by atoms with van der Waals surface area (Å²) < 4.78 is 11.1. The number of nitrogen functional groups attached to an aromatic ring is 1. The normalized spacial score (nSPS) is 18.2. The number of rotatable bonds is 5. The largest absolute Gasteiger partial charge is 0.491 e. The molecule has 2 N–H and O–H groups in total. The van der Waals surface area contributed by atoms with Crippen molar-refractivity contribution in [1.29, 1.82) is 0 Å². The van der Waals surface area contributed by atoms with Crippen molar-refractivity contribution in [2.24, 2.45) is 5.92 Å². The molecule has 1 aliphatic rings. The third kappa shape index (κ3) is 4.56. The van der Waals surface area contributed by atoms with Gasteiger partial charge in [-0.05, 0) is 12.1 Å². The first-order chi connectivity index (χ1) is 9.15. The molecule has 1 heterocycles. The van der Waals surface area contributed by atoms with E-state index in [0.717, 1.165) is 32.8 Å². The first kappa shape index (κ1) is 14.4. The van der Waals surface area contributed by atoms with E-state index in [-0.39, 0.29) is 0 Å². The number of ether oxygens (including phenoxy) is 2. The number of hydrogen-bond acceptors (Lipinski definition) is 4. The molecule has 2 rings (SSSR count). The fourth-order valence-corrected chi connectivity index (χ4v) is 2.30. The van der Waals surface area contributed by atoms with Gasteiger partial charge in [0.15, 0.2) is 0 Å². The molecular formula is C14H21ClN2O2. The van der Waals surface area contributed by atoms with Crippen molar-refractivity contribution in [2.75, 3.05) is 45.2 Å². The molecule has 1 unspecified atom stereocenters. The van der Waals surface area contributed by atoms with Crippen molar-refractivity contribution in [2.45, 2.75) is 6.92 Å². The first-order valence-electron chi connectivity index (χ1n) is 6.63. The van der Waals surface area contributed by atoms with Crippen molar-refractivity contribution in [3.8, 4) is 5.75 Å². The van der Waals surface area contributed by atoms with Crippen molar-refractivity contribution < 1.29 is 9.47 Å². The van der Waals surface area contributed by atoms with E-state index in [9.17, 15) is 0 Å². The molecule has 0 aromatic heterocycles. The quantitative estimate of drug-likeness (QED) is 0.843. The van der Waals surface area contributed by atoms with Gasteiger partial charge in [-0.3, -0.25) is 4.90 Å². The van der Waals surface area contributed by atoms with Crippen molar-refractivity contribution in [3.63, 3.8) is 0 Å². The third-order valence-corrected chi connectivity index (χ3v) is 3.41. The van der Waals surface area contributed by atoms with E-state index in [1.165, 1.54) is 0 Å². The Bertz CT molecular complexity index is 408. The average molecular weight is 285 g/mol. The minimum atomic E-state index is 0.441. The zero-order valence-corrected chi connectivity index (χ0v) is 12.0. The summed E-state index contributed by atoms with van der Waals surface area (Å²) in [7, 11) is 0. The van der Waals surface area contributed by atoms with Crippen molar-refractivity contribution >= 4 is 17.3 Å². The van der Waals surface area contributed by atoms with Crippen LogP contribution >= 0.6 is 11.6 Å². The lowest BCUT2D eigenvalue weighted by molar-refractivity contribution is 0.0284. The Morgan fingerprint density at radius 1 is 1.42 bits per heavy atom. The van der Waals surface area contributed by atoms with E-state index in [4.69, 9.17) is 26.8 Å². The monoisotopic (exact) mass is 284 g/mol. The highest BCUT2D eigenvalue weighted by molar-refractivity contribution is 6.30. The van der Waals surface area contributed by atoms with Crippen LogP contribution in [0, 0.1) is 5.92 Å². The van der Waals surface area contributed by atoms with Crippen LogP contribution in [0.3, 0.4) is 0 Å². The standard InChI is InChI=1S/C14H21ClN2O2/c1-11(9-17-4-6-18-7-5-17)10-19-14-8-12(15)2-3-13(14)16/h2-3,8,11H,4-7,9-10,16H2,1H3. The fourth-order valence-electron chi connectivity index (χ4n) is 2.14. The second kappa shape index (κ2) is 6.98. The molecule has 1 atom stereocenters. The van der Waals surface area contributed by atoms with Gasteiger partial charge in [-0.2, -0.15) is 0 Å². The topological polar surface area (TPSA) is 47.7 Å². The summed E-state index contributed by atoms with van der Waals surface area (Å²) in [6, 6.07) is 5.30. The first-order valence-corrected chi connectivity index (χ1v) is 7.01. The van der Waals surface area contributed by atoms with Crippen molar-refractivity contribution in [3.05, 3.63) is 23.2 Å². The van der Waals surface area contributed by atoms with E-state index >= 15 is 0 Å². The fraction of sp³-hybridized carbons (Fsp3) is 0.571. The van der Waals surface area contributed by atoms with Gasteiger partial charge in [-0.1, -0.05) is 18.5 Å². The van der Waals surface area contributed by atoms with Crippen LogP contribution in [0.15, 0.2) is 18.2 Å². The SMILES string of the molecule is CC(COc1cc(Cl)ccc1N)CN1CCOCC1. The van der Waals surface area contributed by atoms with E-state index in [0.29, 0.717) is 29.0 Å². The Kier molecular flexibility index (Phi) is 5.31. The zero-order valence-electron chi connectivity index (χ0n) is 11.3. The molecule has 0 amide bonds. The number of nitrogens with zero attached hydrogens (tertiary/aromatic N) is 1. The maximum Gasteiger partial charge on any atom is 0.143 e. The molecule has 0 bridgehead atoms. The van der Waals surface area contributed by atoms with Crippen LogP contribution in [0.4, 0.5) is 5.69 Å². The molecule has 106 valence electrons. The molecule has 1 saturated heterocycles. The number of nitrogens with two attached hydrogens (primary N) is 1. The van der Waals surface area contributed by atoms with E-state index in [1.807, 2.05) is 0 Å². The lowest BCUT2D eigenvalue weighted by Crippen LogP contribution is -2.39. The van der Waals surface area contributed by atoms with Crippen LogP contribution in [-0.2, 0) is 4.74 Å². The summed E-state index contributed by atoms with van der Waals surface area (Å²) in [6.07, 6.45) is 0. The number of benzene rings is 1. The summed E-state index contributed by atoms with van der Waals surface area (Å²) in [6.45, 7) is 7.50. The number of halogens is 1. The molecule has 0 saturated carbocycles. The van der Waals surface area contributed by atoms with Gasteiger partial charge < -0.3 is 15.2 Å². The van der Waals surface area contributed by atoms with Gasteiger partial charge in [0, 0.05) is 36.6 Å². The Labute approximate surface area is 119 Å². The Morgan fingerprint density at radius 2 is 2.16 bits per heavy atom. The highest BCUT2D eigenvalue weighted by atomic mass is 35.5. The van der Waals surface area contributed by atoms with Gasteiger partial charge in [0.2, 0.25) is 0 Å². The minimum absolute atomic E-state index is 0.441. The van der Waals surface area contributed by atoms with Crippen LogP contribution in [0.25, 0.3) is 0 Å². The lowest BCUT2D eigenvalue weighted by Gasteiger charge is -2.29. The minimum Gasteiger partial charge on any atom is -0.491 e. The van der Waals surface area contributed by atoms with Crippen LogP contribution in [-0.4, -0.2) is 44.4 Å². The molecule has 1 fully saturated rings. The van der Waals surface area contributed by atoms with Gasteiger partial charge in [0.05, 0.1) is 25.5 Å². The third-order valence-electron chi connectivity index (χ3n) is 3.17. The number of morpholine rings is 1. The predicted molar refractivity (Wildman–Crippen MR) is 77.8 cm³/mol. The lowest BCUT2D eigenvalue weighted by atomic mass is 10.2. The Hall–Kier alpha value is -0.970. The van der Waals surface area contributed by atoms with Gasteiger partial charge in [0.1, 0.15) is 5.75 Å². The van der Waals surface area contributed by atoms with Crippen LogP contribution < -0.4 is 10.5 Å². The molecule has 19 heavy (non-hydrogen) atoms. The molecule has 0 aliphatic carbocycles. The second-order valence-electron chi connectivity index (χ2n) is 5.01. The molecule has 0 radical (unpaired) electrons. The zero-order chi connectivity index (χ0) is 13.7. The van der Waals surface area contributed by atoms with Gasteiger partial charge in [0.25, 0.3) is 0 Å². The molecule has 1 aromatic rings. The van der Waals surface area contributed by atoms with Gasteiger partial charge in [-0.15, -0.1) is 0 Å². The van der Waals surface area contributed by atoms with Crippen LogP contribution in [0.1, 0.15) is 6.92 Å². The maximum absolute atomic E-state index is 5.93. The van der Waals surface area contributed by atoms with E-state index in [1.54, 1.807) is 18.2 Å². The summed E-state index contributed by atoms with van der Waals surface area (Å²) in [4.78, 5) is 2.40. The van der Waals surface area contributed by atoms with Gasteiger partial charge in [-0.25, -0.2) is 0 Å². The predicted octanol–water partition coefficient (Wildman–Crippen LogP) is 2.27. The van der Waals surface area contributed by atoms with Gasteiger partial charge >= 0.3 is 0 Å². The van der Waals surface area contributed by atoms with Crippen LogP contribution in [0.5, 0.6) is 5.75 Å². The highest BCUT2D eigenvalue weighted by Crippen LogP contribution is 2.25. The molecule has 5 heteroatoms. The average Bonchev–Trinajstić information content (AvgIpc) is 2.41. The molecule has 1 aromatic carbocycles. The number of hydrogen-bond donors (Lipinski definition) is 1. The maximum atomic E-state index is 5.93. The highest BCUT2D eigenvalue weighted by Gasteiger charge is 2.14. The smallest absolute Gasteiger partial charge is 0.143 e. The summed E-state index contributed by atoms with van der Waals surface area (Å²) in [5.74, 6) is 1.11. The van der Waals surface area contributed by atoms with Crippen LogP contribution in [0.2, 0.25) is 5.02 Å². The Balaban J connectivity index is 1.79. The summed E-state index contributed by atoms with van der Waals surface area (Å²) in [5.41, 5.74) is 6.48. The molecule has 1 aliphatic heterocycles. The van der Waals surface area contributed by atoms with E-state index < -0.39 is 0 Å². The Morgan fingerprint density at radius 3 is 2.89 bits per heavy atom. The molecule has 0 spiro atoms. The summed E-state index contributed by atoms with van der Waals surface area (Å²) >= 11 is 5.93. The molecular weight excluding hydrogens is 264 g/mol. The second-order valence-corrected chi connectivity index (χ2v) is 5.45. The molecule has 4 nitrogen and oxygen atoms in total. The van der Waals surface area contributed by atoms with Crippen molar-refractivity contribution in [1.82, 2.24) is 4.90 Å². The van der Waals surface area contributed by atoms with E-state index in [2.05, 4.69) is 11.8 Å².